The van der Waals surface area contributed by atoms with Crippen LogP contribution in [0, 0.1) is 0 Å². The fourth-order valence-electron chi connectivity index (χ4n) is 2.35. The van der Waals surface area contributed by atoms with Crippen molar-refractivity contribution in [1.29, 1.82) is 0 Å². The lowest BCUT2D eigenvalue weighted by atomic mass is 10.1. The second-order valence-electron chi connectivity index (χ2n) is 5.37. The lowest BCUT2D eigenvalue weighted by Crippen LogP contribution is -2.12. The highest BCUT2D eigenvalue weighted by Crippen LogP contribution is 2.28. The van der Waals surface area contributed by atoms with Gasteiger partial charge in [0, 0.05) is 21.2 Å². The first kappa shape index (κ1) is 16.8. The summed E-state index contributed by atoms with van der Waals surface area (Å²) < 4.78 is 0. The summed E-state index contributed by atoms with van der Waals surface area (Å²) in [6, 6.07) is 20.0. The average Bonchev–Trinajstić information content (AvgIpc) is 3.14. The molecule has 24 heavy (non-hydrogen) atoms. The molecule has 0 saturated carbocycles. The number of carbonyl (C=O) groups excluding carboxylic acids is 1. The van der Waals surface area contributed by atoms with Crippen LogP contribution in [0.3, 0.4) is 0 Å². The normalized spacial score (nSPS) is 10.5. The molecular weight excluding hydrogens is 334 g/mol. The molecule has 2 aromatic carbocycles. The Kier molecular flexibility index (Phi) is 5.72. The van der Waals surface area contributed by atoms with Crippen LogP contribution >= 0.6 is 23.1 Å². The third kappa shape index (κ3) is 4.28. The van der Waals surface area contributed by atoms with E-state index in [9.17, 15) is 4.79 Å². The summed E-state index contributed by atoms with van der Waals surface area (Å²) in [5.74, 6) is 0.821. The number of thiophene rings is 1. The molecular formula is C20H19NOS2. The van der Waals surface area contributed by atoms with Crippen LogP contribution in [0.4, 0.5) is 5.69 Å². The quantitative estimate of drug-likeness (QED) is 0.563. The Bertz CT molecular complexity index is 795. The van der Waals surface area contributed by atoms with Gasteiger partial charge in [0.25, 0.3) is 5.91 Å². The maximum absolute atomic E-state index is 12.6. The van der Waals surface area contributed by atoms with Gasteiger partial charge in [0.1, 0.15) is 0 Å². The molecule has 1 amide bonds. The number of benzene rings is 2. The largest absolute Gasteiger partial charge is 0.322 e. The topological polar surface area (TPSA) is 29.1 Å². The molecule has 1 N–H and O–H groups in total. The van der Waals surface area contributed by atoms with Crippen LogP contribution in [-0.4, -0.2) is 5.91 Å². The first-order chi connectivity index (χ1) is 11.8. The van der Waals surface area contributed by atoms with Crippen molar-refractivity contribution in [1.82, 2.24) is 0 Å². The molecule has 0 spiro atoms. The predicted molar refractivity (Wildman–Crippen MR) is 104 cm³/mol. The van der Waals surface area contributed by atoms with Crippen LogP contribution in [-0.2, 0) is 12.2 Å². The Balaban J connectivity index is 1.71. The third-order valence-corrected chi connectivity index (χ3v) is 5.88. The van der Waals surface area contributed by atoms with Gasteiger partial charge in [-0.15, -0.1) is 23.1 Å². The Morgan fingerprint density at radius 2 is 1.83 bits per heavy atom. The molecule has 0 aliphatic carbocycles. The number of thioether (sulfide) groups is 1. The first-order valence-electron chi connectivity index (χ1n) is 7.91. The van der Waals surface area contributed by atoms with Crippen LogP contribution in [0.1, 0.15) is 27.7 Å². The first-order valence-corrected chi connectivity index (χ1v) is 9.77. The molecule has 0 atom stereocenters. The minimum Gasteiger partial charge on any atom is -0.322 e. The Morgan fingerprint density at radius 1 is 1.04 bits per heavy atom. The maximum atomic E-state index is 12.6. The molecule has 2 nitrogen and oxygen atoms in total. The van der Waals surface area contributed by atoms with E-state index >= 15 is 0 Å². The summed E-state index contributed by atoms with van der Waals surface area (Å²) in [5.41, 5.74) is 2.81. The number of amides is 1. The van der Waals surface area contributed by atoms with Gasteiger partial charge in [-0.3, -0.25) is 4.79 Å². The molecule has 0 fully saturated rings. The van der Waals surface area contributed by atoms with Gasteiger partial charge in [-0.1, -0.05) is 37.3 Å². The number of hydrogen-bond acceptors (Lipinski definition) is 3. The number of aryl methyl sites for hydroxylation is 1. The maximum Gasteiger partial charge on any atom is 0.256 e. The van der Waals surface area contributed by atoms with Gasteiger partial charge in [-0.05, 0) is 47.7 Å². The molecule has 0 unspecified atom stereocenters. The Hall–Kier alpha value is -2.04. The minimum atomic E-state index is -0.0615. The van der Waals surface area contributed by atoms with Crippen molar-refractivity contribution in [3.05, 3.63) is 82.0 Å². The lowest BCUT2D eigenvalue weighted by molar-refractivity contribution is 0.102. The molecule has 3 aromatic rings. The van der Waals surface area contributed by atoms with Gasteiger partial charge in [-0.2, -0.15) is 0 Å². The van der Waals surface area contributed by atoms with Crippen LogP contribution in [0.15, 0.2) is 70.9 Å². The summed E-state index contributed by atoms with van der Waals surface area (Å²) in [7, 11) is 0. The monoisotopic (exact) mass is 353 g/mol. The molecule has 0 aliphatic heterocycles. The summed E-state index contributed by atoms with van der Waals surface area (Å²) in [4.78, 5) is 14.9. The molecule has 3 rings (SSSR count). The minimum absolute atomic E-state index is 0.0615. The van der Waals surface area contributed by atoms with E-state index in [1.807, 2.05) is 48.5 Å². The highest BCUT2D eigenvalue weighted by molar-refractivity contribution is 7.98. The molecule has 1 heterocycles. The summed E-state index contributed by atoms with van der Waals surface area (Å²) >= 11 is 3.44. The van der Waals surface area contributed by atoms with Crippen molar-refractivity contribution < 1.29 is 4.79 Å². The lowest BCUT2D eigenvalue weighted by Gasteiger charge is -2.10. The average molecular weight is 354 g/mol. The highest BCUT2D eigenvalue weighted by Gasteiger charge is 2.12. The number of rotatable bonds is 6. The molecule has 122 valence electrons. The summed E-state index contributed by atoms with van der Waals surface area (Å²) in [6.45, 7) is 2.12. The SMILES string of the molecule is CCc1ccc(NC(=O)c2ccccc2SCc2cccs2)cc1. The van der Waals surface area contributed by atoms with Crippen molar-refractivity contribution in [2.75, 3.05) is 5.32 Å². The standard InChI is InChI=1S/C20H19NOS2/c1-2-15-9-11-16(12-10-15)21-20(22)18-7-3-4-8-19(18)24-14-17-6-5-13-23-17/h3-13H,2,14H2,1H3,(H,21,22). The molecule has 0 bridgehead atoms. The van der Waals surface area contributed by atoms with Crippen molar-refractivity contribution in [2.45, 2.75) is 24.0 Å². The second kappa shape index (κ2) is 8.18. The van der Waals surface area contributed by atoms with Crippen molar-refractivity contribution in [3.63, 3.8) is 0 Å². The second-order valence-corrected chi connectivity index (χ2v) is 7.42. The van der Waals surface area contributed by atoms with E-state index in [1.54, 1.807) is 23.1 Å². The van der Waals surface area contributed by atoms with Crippen molar-refractivity contribution in [3.8, 4) is 0 Å². The number of hydrogen-bond donors (Lipinski definition) is 1. The zero-order valence-electron chi connectivity index (χ0n) is 13.5. The van der Waals surface area contributed by atoms with E-state index < -0.39 is 0 Å². The van der Waals surface area contributed by atoms with Crippen LogP contribution in [0.2, 0.25) is 0 Å². The zero-order valence-corrected chi connectivity index (χ0v) is 15.1. The number of carbonyl (C=O) groups is 1. The Morgan fingerprint density at radius 3 is 2.54 bits per heavy atom. The van der Waals surface area contributed by atoms with Gasteiger partial charge in [0.05, 0.1) is 5.56 Å². The molecule has 0 saturated heterocycles. The highest BCUT2D eigenvalue weighted by atomic mass is 32.2. The fraction of sp³-hybridized carbons (Fsp3) is 0.150. The molecule has 1 aromatic heterocycles. The molecule has 0 radical (unpaired) electrons. The zero-order chi connectivity index (χ0) is 16.8. The molecule has 4 heteroatoms. The summed E-state index contributed by atoms with van der Waals surface area (Å²) in [5, 5.41) is 5.07. The van der Waals surface area contributed by atoms with Gasteiger partial charge >= 0.3 is 0 Å². The van der Waals surface area contributed by atoms with Gasteiger partial charge in [-0.25, -0.2) is 0 Å². The van der Waals surface area contributed by atoms with E-state index in [4.69, 9.17) is 0 Å². The van der Waals surface area contributed by atoms with Crippen molar-refractivity contribution >= 4 is 34.7 Å². The molecule has 0 aliphatic rings. The van der Waals surface area contributed by atoms with Crippen LogP contribution in [0.25, 0.3) is 0 Å². The van der Waals surface area contributed by atoms with E-state index in [0.717, 1.165) is 28.3 Å². The van der Waals surface area contributed by atoms with Gasteiger partial charge < -0.3 is 5.32 Å². The van der Waals surface area contributed by atoms with E-state index in [0.29, 0.717) is 0 Å². The number of anilines is 1. The van der Waals surface area contributed by atoms with Crippen molar-refractivity contribution in [2.24, 2.45) is 0 Å². The van der Waals surface area contributed by atoms with Crippen LogP contribution in [0.5, 0.6) is 0 Å². The van der Waals surface area contributed by atoms with Crippen LogP contribution < -0.4 is 5.32 Å². The van der Waals surface area contributed by atoms with E-state index in [1.165, 1.54) is 10.4 Å². The van der Waals surface area contributed by atoms with Gasteiger partial charge in [0.2, 0.25) is 0 Å². The fourth-order valence-corrected chi connectivity index (χ4v) is 4.17. The van der Waals surface area contributed by atoms with Gasteiger partial charge in [0.15, 0.2) is 0 Å². The third-order valence-electron chi connectivity index (χ3n) is 3.70. The Labute approximate surface area is 150 Å². The predicted octanol–water partition coefficient (Wildman–Crippen LogP) is 5.86. The summed E-state index contributed by atoms with van der Waals surface area (Å²) in [6.07, 6.45) is 0.996. The smallest absolute Gasteiger partial charge is 0.256 e. The van der Waals surface area contributed by atoms with E-state index in [-0.39, 0.29) is 5.91 Å². The van der Waals surface area contributed by atoms with E-state index in [2.05, 4.69) is 29.8 Å². The number of nitrogens with one attached hydrogen (secondary N) is 1.